The summed E-state index contributed by atoms with van der Waals surface area (Å²) < 4.78 is 0. The summed E-state index contributed by atoms with van der Waals surface area (Å²) in [5, 5.41) is 3.69. The van der Waals surface area contributed by atoms with E-state index in [1.165, 1.54) is 70.6 Å². The Balaban J connectivity index is 1.44. The monoisotopic (exact) mass is 289 g/mol. The van der Waals surface area contributed by atoms with Crippen LogP contribution in [0.4, 0.5) is 0 Å². The standard InChI is InChI=1S/C19H31NO/c1-13(20-17-5-3-2-4-6-17)18(21)19-10-14-7-15(11-19)9-16(8-14)12-19/h13-17,20H,2-12H2,1H3. The molecule has 5 saturated carbocycles. The largest absolute Gasteiger partial charge is 0.305 e. The molecule has 0 aromatic carbocycles. The van der Waals surface area contributed by atoms with Gasteiger partial charge in [0.15, 0.2) is 5.78 Å². The molecule has 0 amide bonds. The Labute approximate surface area is 129 Å². The highest BCUT2D eigenvalue weighted by atomic mass is 16.1. The minimum Gasteiger partial charge on any atom is -0.305 e. The van der Waals surface area contributed by atoms with Gasteiger partial charge in [-0.05, 0) is 76.0 Å². The molecule has 1 unspecified atom stereocenters. The van der Waals surface area contributed by atoms with Gasteiger partial charge in [-0.1, -0.05) is 19.3 Å². The van der Waals surface area contributed by atoms with E-state index >= 15 is 0 Å². The fraction of sp³-hybridized carbons (Fsp3) is 0.947. The van der Waals surface area contributed by atoms with Crippen molar-refractivity contribution in [3.05, 3.63) is 0 Å². The zero-order valence-corrected chi connectivity index (χ0v) is 13.6. The van der Waals surface area contributed by atoms with E-state index in [4.69, 9.17) is 0 Å². The number of carbonyl (C=O) groups is 1. The van der Waals surface area contributed by atoms with Crippen LogP contribution in [0.1, 0.15) is 77.6 Å². The molecule has 0 aromatic heterocycles. The van der Waals surface area contributed by atoms with Crippen molar-refractivity contribution in [2.24, 2.45) is 23.2 Å². The van der Waals surface area contributed by atoms with E-state index in [0.29, 0.717) is 11.8 Å². The first-order valence-electron chi connectivity index (χ1n) is 9.45. The SMILES string of the molecule is CC(NC1CCCCC1)C(=O)C12CC3CC(CC(C3)C1)C2. The van der Waals surface area contributed by atoms with Gasteiger partial charge in [0.05, 0.1) is 6.04 Å². The average Bonchev–Trinajstić information content (AvgIpc) is 2.46. The molecule has 5 aliphatic rings. The smallest absolute Gasteiger partial charge is 0.155 e. The Morgan fingerprint density at radius 3 is 2.00 bits per heavy atom. The molecule has 0 radical (unpaired) electrons. The van der Waals surface area contributed by atoms with Crippen LogP contribution in [0.3, 0.4) is 0 Å². The van der Waals surface area contributed by atoms with Crippen LogP contribution in [-0.4, -0.2) is 17.9 Å². The fourth-order valence-electron chi connectivity index (χ4n) is 6.57. The Hall–Kier alpha value is -0.370. The first-order valence-corrected chi connectivity index (χ1v) is 9.45. The van der Waals surface area contributed by atoms with Crippen LogP contribution in [0.25, 0.3) is 0 Å². The Kier molecular flexibility index (Phi) is 3.64. The average molecular weight is 289 g/mol. The molecule has 2 nitrogen and oxygen atoms in total. The van der Waals surface area contributed by atoms with Crippen molar-refractivity contribution in [1.82, 2.24) is 5.32 Å². The predicted octanol–water partition coefficient (Wildman–Crippen LogP) is 4.08. The highest BCUT2D eigenvalue weighted by Gasteiger charge is 2.55. The zero-order chi connectivity index (χ0) is 14.4. The Morgan fingerprint density at radius 2 is 1.48 bits per heavy atom. The number of Topliss-reactive ketones (excluding diaryl/α,β-unsaturated/α-hetero) is 1. The summed E-state index contributed by atoms with van der Waals surface area (Å²) in [5.74, 6) is 3.21. The van der Waals surface area contributed by atoms with E-state index in [9.17, 15) is 4.79 Å². The van der Waals surface area contributed by atoms with E-state index in [1.807, 2.05) is 0 Å². The second-order valence-corrected chi connectivity index (χ2v) is 8.79. The lowest BCUT2D eigenvalue weighted by Gasteiger charge is -2.56. The molecule has 118 valence electrons. The van der Waals surface area contributed by atoms with Gasteiger partial charge in [0.2, 0.25) is 0 Å². The van der Waals surface area contributed by atoms with Gasteiger partial charge in [0, 0.05) is 11.5 Å². The van der Waals surface area contributed by atoms with Crippen LogP contribution in [0.15, 0.2) is 0 Å². The van der Waals surface area contributed by atoms with Gasteiger partial charge in [-0.2, -0.15) is 0 Å². The lowest BCUT2D eigenvalue weighted by molar-refractivity contribution is -0.146. The number of nitrogens with one attached hydrogen (secondary N) is 1. The lowest BCUT2D eigenvalue weighted by Crippen LogP contribution is -2.55. The lowest BCUT2D eigenvalue weighted by atomic mass is 9.48. The summed E-state index contributed by atoms with van der Waals surface area (Å²) in [6, 6.07) is 0.691. The molecular weight excluding hydrogens is 258 g/mol. The summed E-state index contributed by atoms with van der Waals surface area (Å²) >= 11 is 0. The van der Waals surface area contributed by atoms with Gasteiger partial charge in [-0.15, -0.1) is 0 Å². The molecule has 5 rings (SSSR count). The second kappa shape index (κ2) is 5.37. The highest BCUT2D eigenvalue weighted by Crippen LogP contribution is 2.60. The summed E-state index contributed by atoms with van der Waals surface area (Å²) in [7, 11) is 0. The van der Waals surface area contributed by atoms with E-state index < -0.39 is 0 Å². The topological polar surface area (TPSA) is 29.1 Å². The summed E-state index contributed by atoms with van der Waals surface area (Å²) in [6.07, 6.45) is 14.6. The molecule has 0 aliphatic heterocycles. The maximum Gasteiger partial charge on any atom is 0.155 e. The second-order valence-electron chi connectivity index (χ2n) is 8.79. The summed E-state index contributed by atoms with van der Waals surface area (Å²) in [6.45, 7) is 2.15. The summed E-state index contributed by atoms with van der Waals surface area (Å²) in [4.78, 5) is 13.2. The maximum atomic E-state index is 13.2. The van der Waals surface area contributed by atoms with Gasteiger partial charge in [0.25, 0.3) is 0 Å². The first-order chi connectivity index (χ1) is 10.1. The van der Waals surface area contributed by atoms with Gasteiger partial charge < -0.3 is 5.32 Å². The van der Waals surface area contributed by atoms with E-state index in [0.717, 1.165) is 17.8 Å². The van der Waals surface area contributed by atoms with Crippen molar-refractivity contribution < 1.29 is 4.79 Å². The van der Waals surface area contributed by atoms with Crippen LogP contribution in [0.5, 0.6) is 0 Å². The van der Waals surface area contributed by atoms with Gasteiger partial charge in [-0.25, -0.2) is 0 Å². The molecule has 0 saturated heterocycles. The number of carbonyl (C=O) groups excluding carboxylic acids is 1. The third-order valence-corrected chi connectivity index (χ3v) is 7.05. The Bertz CT molecular complexity index is 375. The zero-order valence-electron chi connectivity index (χ0n) is 13.6. The van der Waals surface area contributed by atoms with E-state index in [2.05, 4.69) is 12.2 Å². The molecule has 2 heteroatoms. The predicted molar refractivity (Wildman–Crippen MR) is 85.1 cm³/mol. The van der Waals surface area contributed by atoms with Crippen LogP contribution >= 0.6 is 0 Å². The fourth-order valence-corrected chi connectivity index (χ4v) is 6.57. The maximum absolute atomic E-state index is 13.2. The van der Waals surface area contributed by atoms with Crippen molar-refractivity contribution in [2.45, 2.75) is 89.6 Å². The molecule has 1 atom stereocenters. The van der Waals surface area contributed by atoms with Crippen molar-refractivity contribution >= 4 is 5.78 Å². The number of ketones is 1. The molecular formula is C19H31NO. The van der Waals surface area contributed by atoms with Crippen molar-refractivity contribution in [2.75, 3.05) is 0 Å². The molecule has 1 N–H and O–H groups in total. The third kappa shape index (κ3) is 2.58. The van der Waals surface area contributed by atoms with E-state index in [1.54, 1.807) is 0 Å². The number of rotatable bonds is 4. The highest BCUT2D eigenvalue weighted by molar-refractivity contribution is 5.89. The summed E-state index contributed by atoms with van der Waals surface area (Å²) in [5.41, 5.74) is 0.0792. The molecule has 4 bridgehead atoms. The van der Waals surface area contributed by atoms with E-state index in [-0.39, 0.29) is 11.5 Å². The van der Waals surface area contributed by atoms with Crippen LogP contribution < -0.4 is 5.32 Å². The minimum atomic E-state index is 0.0792. The molecule has 0 spiro atoms. The molecule has 5 aliphatic carbocycles. The third-order valence-electron chi connectivity index (χ3n) is 7.05. The van der Waals surface area contributed by atoms with Crippen LogP contribution in [0.2, 0.25) is 0 Å². The van der Waals surface area contributed by atoms with Crippen LogP contribution in [-0.2, 0) is 4.79 Å². The molecule has 0 heterocycles. The van der Waals surface area contributed by atoms with Crippen molar-refractivity contribution in [3.8, 4) is 0 Å². The molecule has 0 aromatic rings. The van der Waals surface area contributed by atoms with Crippen molar-refractivity contribution in [1.29, 1.82) is 0 Å². The minimum absolute atomic E-state index is 0.0792. The number of hydrogen-bond donors (Lipinski definition) is 1. The molecule has 21 heavy (non-hydrogen) atoms. The molecule has 5 fully saturated rings. The quantitative estimate of drug-likeness (QED) is 0.845. The Morgan fingerprint density at radius 1 is 0.952 bits per heavy atom. The van der Waals surface area contributed by atoms with Crippen molar-refractivity contribution in [3.63, 3.8) is 0 Å². The number of hydrogen-bond acceptors (Lipinski definition) is 2. The first kappa shape index (κ1) is 14.2. The van der Waals surface area contributed by atoms with Gasteiger partial charge >= 0.3 is 0 Å². The van der Waals surface area contributed by atoms with Crippen LogP contribution in [0, 0.1) is 23.2 Å². The van der Waals surface area contributed by atoms with Gasteiger partial charge in [0.1, 0.15) is 0 Å². The normalized spacial score (nSPS) is 44.0. The van der Waals surface area contributed by atoms with Gasteiger partial charge in [-0.3, -0.25) is 4.79 Å².